The monoisotopic (exact) mass is 486 g/mol. The molecular formula is C25H28F2N4O4. The van der Waals surface area contributed by atoms with E-state index in [0.29, 0.717) is 17.8 Å². The molecule has 1 heterocycles. The second-order valence-electron chi connectivity index (χ2n) is 8.07. The van der Waals surface area contributed by atoms with Crippen LogP contribution in [0.2, 0.25) is 0 Å². The average molecular weight is 487 g/mol. The van der Waals surface area contributed by atoms with Gasteiger partial charge in [0.25, 0.3) is 5.56 Å². The SMILES string of the molecule is CCOC(=O)Nc1cccc([C@H](C)n2nc(-c3cc(F)c(OCCN(C)C)c(F)c3)ccc2=O)c1. The first-order valence-electron chi connectivity index (χ1n) is 11.1. The van der Waals surface area contributed by atoms with Gasteiger partial charge in [0.15, 0.2) is 17.4 Å². The number of hydrogen-bond donors (Lipinski definition) is 1. The molecule has 0 aliphatic heterocycles. The fourth-order valence-corrected chi connectivity index (χ4v) is 3.34. The molecule has 10 heteroatoms. The van der Waals surface area contributed by atoms with Crippen molar-refractivity contribution >= 4 is 11.8 Å². The zero-order chi connectivity index (χ0) is 25.5. The summed E-state index contributed by atoms with van der Waals surface area (Å²) in [4.78, 5) is 26.1. The van der Waals surface area contributed by atoms with Crippen molar-refractivity contribution in [3.05, 3.63) is 76.1 Å². The minimum Gasteiger partial charge on any atom is -0.486 e. The van der Waals surface area contributed by atoms with Gasteiger partial charge in [-0.05, 0) is 63.8 Å². The van der Waals surface area contributed by atoms with E-state index in [1.54, 1.807) is 38.1 Å². The standard InChI is InChI=1S/C25H28F2N4O4/c1-5-34-25(33)28-19-8-6-7-17(13-19)16(2)31-23(32)10-9-22(29-31)18-14-20(26)24(21(27)15-18)35-12-11-30(3)4/h6-10,13-16H,5,11-12H2,1-4H3,(H,28,33)/t16-/m0/s1. The molecule has 0 fully saturated rings. The van der Waals surface area contributed by atoms with Gasteiger partial charge in [-0.25, -0.2) is 18.3 Å². The molecule has 0 saturated heterocycles. The van der Waals surface area contributed by atoms with Crippen LogP contribution in [-0.4, -0.2) is 54.6 Å². The molecular weight excluding hydrogens is 458 g/mol. The predicted octanol–water partition coefficient (Wildman–Crippen LogP) is 4.31. The van der Waals surface area contributed by atoms with Crippen molar-refractivity contribution in [2.24, 2.45) is 0 Å². The normalized spacial score (nSPS) is 11.9. The number of anilines is 1. The van der Waals surface area contributed by atoms with Crippen LogP contribution in [0.5, 0.6) is 5.75 Å². The van der Waals surface area contributed by atoms with Gasteiger partial charge in [0, 0.05) is 23.9 Å². The fraction of sp³-hybridized carbons (Fsp3) is 0.320. The van der Waals surface area contributed by atoms with Crippen molar-refractivity contribution in [2.75, 3.05) is 39.2 Å². The van der Waals surface area contributed by atoms with Crippen LogP contribution in [0.1, 0.15) is 25.5 Å². The Kier molecular flexibility index (Phi) is 8.53. The molecule has 0 spiro atoms. The Balaban J connectivity index is 1.88. The van der Waals surface area contributed by atoms with Crippen molar-refractivity contribution in [3.8, 4) is 17.0 Å². The van der Waals surface area contributed by atoms with Crippen LogP contribution in [0.15, 0.2) is 53.3 Å². The third-order valence-corrected chi connectivity index (χ3v) is 5.16. The van der Waals surface area contributed by atoms with Gasteiger partial charge in [0.2, 0.25) is 0 Å². The maximum absolute atomic E-state index is 14.6. The van der Waals surface area contributed by atoms with Crippen LogP contribution in [-0.2, 0) is 4.74 Å². The molecule has 0 aliphatic rings. The third-order valence-electron chi connectivity index (χ3n) is 5.16. The molecule has 186 valence electrons. The third kappa shape index (κ3) is 6.63. The highest BCUT2D eigenvalue weighted by molar-refractivity contribution is 5.84. The molecule has 0 aliphatic carbocycles. The van der Waals surface area contributed by atoms with Crippen LogP contribution >= 0.6 is 0 Å². The Morgan fingerprint density at radius 2 is 1.86 bits per heavy atom. The number of carbonyl (C=O) groups is 1. The Morgan fingerprint density at radius 1 is 1.14 bits per heavy atom. The van der Waals surface area contributed by atoms with Gasteiger partial charge in [0.1, 0.15) is 6.61 Å². The molecule has 0 radical (unpaired) electrons. The lowest BCUT2D eigenvalue weighted by molar-refractivity contribution is 0.168. The number of benzene rings is 2. The Morgan fingerprint density at radius 3 is 2.51 bits per heavy atom. The van der Waals surface area contributed by atoms with Crippen LogP contribution in [0.3, 0.4) is 0 Å². The number of rotatable bonds is 9. The van der Waals surface area contributed by atoms with Gasteiger partial charge in [-0.1, -0.05) is 12.1 Å². The van der Waals surface area contributed by atoms with Crippen LogP contribution in [0, 0.1) is 11.6 Å². The van der Waals surface area contributed by atoms with E-state index >= 15 is 0 Å². The highest BCUT2D eigenvalue weighted by Crippen LogP contribution is 2.28. The van der Waals surface area contributed by atoms with Crippen molar-refractivity contribution < 1.29 is 23.0 Å². The van der Waals surface area contributed by atoms with E-state index in [-0.39, 0.29) is 24.5 Å². The second kappa shape index (κ2) is 11.6. The molecule has 1 amide bonds. The van der Waals surface area contributed by atoms with E-state index in [0.717, 1.165) is 12.1 Å². The molecule has 3 aromatic rings. The molecule has 3 rings (SSSR count). The summed E-state index contributed by atoms with van der Waals surface area (Å²) in [7, 11) is 3.65. The van der Waals surface area contributed by atoms with Crippen molar-refractivity contribution in [1.82, 2.24) is 14.7 Å². The summed E-state index contributed by atoms with van der Waals surface area (Å²) in [5, 5.41) is 6.96. The van der Waals surface area contributed by atoms with Crippen molar-refractivity contribution in [2.45, 2.75) is 19.9 Å². The summed E-state index contributed by atoms with van der Waals surface area (Å²) in [6, 6.07) is 11.3. The lowest BCUT2D eigenvalue weighted by Gasteiger charge is -2.17. The molecule has 0 bridgehead atoms. The number of aromatic nitrogens is 2. The largest absolute Gasteiger partial charge is 0.486 e. The quantitative estimate of drug-likeness (QED) is 0.485. The Hall–Kier alpha value is -3.79. The maximum atomic E-state index is 14.6. The van der Waals surface area contributed by atoms with Gasteiger partial charge in [-0.3, -0.25) is 10.1 Å². The summed E-state index contributed by atoms with van der Waals surface area (Å²) < 4.78 is 40.6. The Bertz CT molecular complexity index is 1220. The number of nitrogens with one attached hydrogen (secondary N) is 1. The number of amides is 1. The molecule has 2 aromatic carbocycles. The van der Waals surface area contributed by atoms with E-state index in [2.05, 4.69) is 10.4 Å². The fourth-order valence-electron chi connectivity index (χ4n) is 3.34. The second-order valence-corrected chi connectivity index (χ2v) is 8.07. The smallest absolute Gasteiger partial charge is 0.411 e. The molecule has 35 heavy (non-hydrogen) atoms. The topological polar surface area (TPSA) is 85.7 Å². The van der Waals surface area contributed by atoms with Crippen molar-refractivity contribution in [3.63, 3.8) is 0 Å². The van der Waals surface area contributed by atoms with E-state index in [1.807, 2.05) is 19.0 Å². The summed E-state index contributed by atoms with van der Waals surface area (Å²) in [5.74, 6) is -2.17. The van der Waals surface area contributed by atoms with Crippen molar-refractivity contribution in [1.29, 1.82) is 0 Å². The number of carbonyl (C=O) groups excluding carboxylic acids is 1. The first-order valence-corrected chi connectivity index (χ1v) is 11.1. The molecule has 1 atom stereocenters. The highest BCUT2D eigenvalue weighted by atomic mass is 19.1. The zero-order valence-corrected chi connectivity index (χ0v) is 20.0. The minimum atomic E-state index is -0.857. The molecule has 8 nitrogen and oxygen atoms in total. The first kappa shape index (κ1) is 25.8. The van der Waals surface area contributed by atoms with Crippen LogP contribution in [0.25, 0.3) is 11.3 Å². The molecule has 0 unspecified atom stereocenters. The van der Waals surface area contributed by atoms with Gasteiger partial charge in [-0.15, -0.1) is 0 Å². The van der Waals surface area contributed by atoms with E-state index < -0.39 is 35.1 Å². The Labute approximate surface area is 202 Å². The summed E-state index contributed by atoms with van der Waals surface area (Å²) in [5.41, 5.74) is 1.17. The highest BCUT2D eigenvalue weighted by Gasteiger charge is 2.17. The van der Waals surface area contributed by atoms with E-state index in [9.17, 15) is 18.4 Å². The first-order chi connectivity index (χ1) is 16.7. The number of hydrogen-bond acceptors (Lipinski definition) is 6. The van der Waals surface area contributed by atoms with E-state index in [1.165, 1.54) is 16.8 Å². The molecule has 0 saturated carbocycles. The zero-order valence-electron chi connectivity index (χ0n) is 20.0. The number of halogens is 2. The lowest BCUT2D eigenvalue weighted by atomic mass is 10.1. The van der Waals surface area contributed by atoms with Gasteiger partial charge in [-0.2, -0.15) is 5.10 Å². The van der Waals surface area contributed by atoms with Crippen LogP contribution < -0.4 is 15.6 Å². The van der Waals surface area contributed by atoms with Crippen LogP contribution in [0.4, 0.5) is 19.3 Å². The number of ether oxygens (including phenoxy) is 2. The van der Waals surface area contributed by atoms with Gasteiger partial charge in [0.05, 0.1) is 18.3 Å². The van der Waals surface area contributed by atoms with Gasteiger partial charge < -0.3 is 14.4 Å². The molecule has 1 aromatic heterocycles. The average Bonchev–Trinajstić information content (AvgIpc) is 2.80. The van der Waals surface area contributed by atoms with E-state index in [4.69, 9.17) is 9.47 Å². The maximum Gasteiger partial charge on any atom is 0.411 e. The number of nitrogens with zero attached hydrogens (tertiary/aromatic N) is 3. The summed E-state index contributed by atoms with van der Waals surface area (Å²) in [6.07, 6.45) is -0.590. The summed E-state index contributed by atoms with van der Waals surface area (Å²) >= 11 is 0. The molecule has 1 N–H and O–H groups in total. The van der Waals surface area contributed by atoms with Gasteiger partial charge >= 0.3 is 6.09 Å². The minimum absolute atomic E-state index is 0.130. The lowest BCUT2D eigenvalue weighted by Crippen LogP contribution is -2.26. The number of likely N-dealkylation sites (N-methyl/N-ethyl adjacent to an activating group) is 1. The predicted molar refractivity (Wildman–Crippen MR) is 129 cm³/mol. The summed E-state index contributed by atoms with van der Waals surface area (Å²) in [6.45, 7) is 4.32.